The average Bonchev–Trinajstić information content (AvgIpc) is 3.06. The van der Waals surface area contributed by atoms with E-state index in [4.69, 9.17) is 10.5 Å². The summed E-state index contributed by atoms with van der Waals surface area (Å²) in [5.74, 6) is 0.896. The standard InChI is InChI=1S/C18H30N2O/c1-4-5-11-18(19,15(2)20-12-6-7-13-20)16-9-8-10-17(14-16)21-3/h8-10,14-15H,4-7,11-13,19H2,1-3H3. The second-order valence-corrected chi connectivity index (χ2v) is 6.29. The van der Waals surface area contributed by atoms with Gasteiger partial charge in [-0.15, -0.1) is 0 Å². The van der Waals surface area contributed by atoms with Crippen molar-refractivity contribution in [3.63, 3.8) is 0 Å². The lowest BCUT2D eigenvalue weighted by Crippen LogP contribution is -2.54. The van der Waals surface area contributed by atoms with Crippen molar-refractivity contribution >= 4 is 0 Å². The van der Waals surface area contributed by atoms with Crippen LogP contribution in [0.25, 0.3) is 0 Å². The van der Waals surface area contributed by atoms with E-state index >= 15 is 0 Å². The predicted octanol–water partition coefficient (Wildman–Crippen LogP) is 3.52. The molecule has 2 rings (SSSR count). The van der Waals surface area contributed by atoms with Crippen molar-refractivity contribution in [2.45, 2.75) is 57.5 Å². The van der Waals surface area contributed by atoms with Gasteiger partial charge in [0.05, 0.1) is 12.6 Å². The second-order valence-electron chi connectivity index (χ2n) is 6.29. The molecule has 1 aromatic carbocycles. The zero-order valence-electron chi connectivity index (χ0n) is 13.8. The Morgan fingerprint density at radius 3 is 2.67 bits per heavy atom. The molecule has 118 valence electrons. The lowest BCUT2D eigenvalue weighted by molar-refractivity contribution is 0.149. The third kappa shape index (κ3) is 3.58. The van der Waals surface area contributed by atoms with Crippen LogP contribution in [-0.4, -0.2) is 31.1 Å². The van der Waals surface area contributed by atoms with Gasteiger partial charge in [0.15, 0.2) is 0 Å². The fourth-order valence-corrected chi connectivity index (χ4v) is 3.43. The first-order chi connectivity index (χ1) is 10.1. The summed E-state index contributed by atoms with van der Waals surface area (Å²) < 4.78 is 5.39. The Bertz CT molecular complexity index is 443. The Labute approximate surface area is 129 Å². The van der Waals surface area contributed by atoms with Crippen LogP contribution in [0.2, 0.25) is 0 Å². The maximum Gasteiger partial charge on any atom is 0.119 e. The van der Waals surface area contributed by atoms with Gasteiger partial charge in [-0.3, -0.25) is 4.90 Å². The van der Waals surface area contributed by atoms with E-state index in [-0.39, 0.29) is 5.54 Å². The molecule has 1 aromatic rings. The van der Waals surface area contributed by atoms with Crippen LogP contribution in [0, 0.1) is 0 Å². The molecule has 0 saturated carbocycles. The average molecular weight is 290 g/mol. The lowest BCUT2D eigenvalue weighted by Gasteiger charge is -2.41. The zero-order valence-corrected chi connectivity index (χ0v) is 13.8. The van der Waals surface area contributed by atoms with Crippen molar-refractivity contribution in [3.8, 4) is 5.75 Å². The molecule has 1 saturated heterocycles. The van der Waals surface area contributed by atoms with Gasteiger partial charge in [-0.1, -0.05) is 31.9 Å². The van der Waals surface area contributed by atoms with Crippen LogP contribution in [0.4, 0.5) is 0 Å². The summed E-state index contributed by atoms with van der Waals surface area (Å²) in [7, 11) is 1.72. The summed E-state index contributed by atoms with van der Waals surface area (Å²) in [5.41, 5.74) is 7.86. The minimum Gasteiger partial charge on any atom is -0.497 e. The quantitative estimate of drug-likeness (QED) is 0.835. The summed E-state index contributed by atoms with van der Waals surface area (Å²) in [4.78, 5) is 2.55. The van der Waals surface area contributed by atoms with Gasteiger partial charge >= 0.3 is 0 Å². The van der Waals surface area contributed by atoms with E-state index in [2.05, 4.69) is 36.9 Å². The first kappa shape index (κ1) is 16.3. The highest BCUT2D eigenvalue weighted by molar-refractivity contribution is 5.34. The predicted molar refractivity (Wildman–Crippen MR) is 88.7 cm³/mol. The van der Waals surface area contributed by atoms with Gasteiger partial charge in [0.2, 0.25) is 0 Å². The van der Waals surface area contributed by atoms with Crippen molar-refractivity contribution in [2.75, 3.05) is 20.2 Å². The van der Waals surface area contributed by atoms with E-state index in [1.807, 2.05) is 6.07 Å². The minimum absolute atomic E-state index is 0.297. The largest absolute Gasteiger partial charge is 0.497 e. The number of rotatable bonds is 7. The SMILES string of the molecule is CCCCC(N)(c1cccc(OC)c1)C(C)N1CCCC1. The molecule has 3 heteroatoms. The molecule has 2 atom stereocenters. The van der Waals surface area contributed by atoms with Gasteiger partial charge < -0.3 is 10.5 Å². The normalized spacial score (nSPS) is 20.2. The van der Waals surface area contributed by atoms with Crippen LogP contribution in [-0.2, 0) is 5.54 Å². The molecule has 0 spiro atoms. The number of unbranched alkanes of at least 4 members (excludes halogenated alkanes) is 1. The first-order valence-electron chi connectivity index (χ1n) is 8.29. The molecule has 1 aliphatic heterocycles. The van der Waals surface area contributed by atoms with E-state index in [0.29, 0.717) is 6.04 Å². The number of ether oxygens (including phenoxy) is 1. The molecule has 2 N–H and O–H groups in total. The van der Waals surface area contributed by atoms with E-state index < -0.39 is 0 Å². The molecular weight excluding hydrogens is 260 g/mol. The fourth-order valence-electron chi connectivity index (χ4n) is 3.43. The third-order valence-electron chi connectivity index (χ3n) is 4.99. The van der Waals surface area contributed by atoms with Gasteiger partial charge in [-0.25, -0.2) is 0 Å². The molecule has 0 bridgehead atoms. The van der Waals surface area contributed by atoms with E-state index in [9.17, 15) is 0 Å². The van der Waals surface area contributed by atoms with Gasteiger partial charge in [-0.05, 0) is 57.0 Å². The molecule has 0 aliphatic carbocycles. The molecule has 1 aliphatic rings. The fraction of sp³-hybridized carbons (Fsp3) is 0.667. The van der Waals surface area contributed by atoms with Gasteiger partial charge in [0.1, 0.15) is 5.75 Å². The Kier molecular flexibility index (Phi) is 5.65. The topological polar surface area (TPSA) is 38.5 Å². The van der Waals surface area contributed by atoms with Gasteiger partial charge in [0, 0.05) is 6.04 Å². The Balaban J connectivity index is 2.29. The summed E-state index contributed by atoms with van der Waals surface area (Å²) in [6.07, 6.45) is 5.95. The highest BCUT2D eigenvalue weighted by Crippen LogP contribution is 2.34. The number of benzene rings is 1. The van der Waals surface area contributed by atoms with Crippen LogP contribution in [0.1, 0.15) is 51.5 Å². The summed E-state index contributed by atoms with van der Waals surface area (Å²) in [6, 6.07) is 8.68. The molecule has 1 fully saturated rings. The highest BCUT2D eigenvalue weighted by Gasteiger charge is 2.37. The van der Waals surface area contributed by atoms with Gasteiger partial charge in [0.25, 0.3) is 0 Å². The van der Waals surface area contributed by atoms with Crippen molar-refractivity contribution in [1.29, 1.82) is 0 Å². The van der Waals surface area contributed by atoms with Crippen molar-refractivity contribution < 1.29 is 4.74 Å². The molecule has 1 heterocycles. The van der Waals surface area contributed by atoms with Crippen LogP contribution >= 0.6 is 0 Å². The monoisotopic (exact) mass is 290 g/mol. The highest BCUT2D eigenvalue weighted by atomic mass is 16.5. The molecule has 0 radical (unpaired) electrons. The number of methoxy groups -OCH3 is 1. The van der Waals surface area contributed by atoms with Crippen molar-refractivity contribution in [1.82, 2.24) is 4.90 Å². The molecule has 0 amide bonds. The molecule has 21 heavy (non-hydrogen) atoms. The van der Waals surface area contributed by atoms with Crippen LogP contribution < -0.4 is 10.5 Å². The maximum atomic E-state index is 6.96. The summed E-state index contributed by atoms with van der Waals surface area (Å²) in [5, 5.41) is 0. The number of nitrogens with zero attached hydrogens (tertiary/aromatic N) is 1. The molecule has 2 unspecified atom stereocenters. The smallest absolute Gasteiger partial charge is 0.119 e. The maximum absolute atomic E-state index is 6.96. The van der Waals surface area contributed by atoms with Gasteiger partial charge in [-0.2, -0.15) is 0 Å². The Morgan fingerprint density at radius 1 is 1.33 bits per heavy atom. The minimum atomic E-state index is -0.297. The van der Waals surface area contributed by atoms with Crippen LogP contribution in [0.5, 0.6) is 5.75 Å². The van der Waals surface area contributed by atoms with Crippen molar-refractivity contribution in [2.24, 2.45) is 5.73 Å². The summed E-state index contributed by atoms with van der Waals surface area (Å²) in [6.45, 7) is 6.87. The number of hydrogen-bond donors (Lipinski definition) is 1. The third-order valence-corrected chi connectivity index (χ3v) is 4.99. The molecular formula is C18H30N2O. The van der Waals surface area contributed by atoms with Crippen LogP contribution in [0.15, 0.2) is 24.3 Å². The van der Waals surface area contributed by atoms with E-state index in [1.54, 1.807) is 7.11 Å². The van der Waals surface area contributed by atoms with Crippen LogP contribution in [0.3, 0.4) is 0 Å². The Morgan fingerprint density at radius 2 is 2.05 bits per heavy atom. The van der Waals surface area contributed by atoms with E-state index in [0.717, 1.165) is 18.6 Å². The van der Waals surface area contributed by atoms with E-state index in [1.165, 1.54) is 37.9 Å². The number of nitrogens with two attached hydrogens (primary N) is 1. The Hall–Kier alpha value is -1.06. The summed E-state index contributed by atoms with van der Waals surface area (Å²) >= 11 is 0. The molecule has 3 nitrogen and oxygen atoms in total. The number of hydrogen-bond acceptors (Lipinski definition) is 3. The number of likely N-dealkylation sites (tertiary alicyclic amines) is 1. The zero-order chi connectivity index (χ0) is 15.3. The first-order valence-corrected chi connectivity index (χ1v) is 8.29. The second kappa shape index (κ2) is 7.28. The molecule has 0 aromatic heterocycles. The van der Waals surface area contributed by atoms with Crippen molar-refractivity contribution in [3.05, 3.63) is 29.8 Å². The lowest BCUT2D eigenvalue weighted by atomic mass is 9.79.